The predicted molar refractivity (Wildman–Crippen MR) is 187 cm³/mol. The minimum Gasteiger partial charge on any atom is -0.399 e. The van der Waals surface area contributed by atoms with Gasteiger partial charge >= 0.3 is 14.2 Å². The third-order valence-electron chi connectivity index (χ3n) is 10.9. The van der Waals surface area contributed by atoms with Crippen molar-refractivity contribution in [3.63, 3.8) is 0 Å². The van der Waals surface area contributed by atoms with Crippen LogP contribution in [0, 0.1) is 0 Å². The SMILES string of the molecule is CCCCCCCCCCCCC=C1c2cc(B3OC(C)(C)C(C)(C)O3)ccc2-c2ccc(B3OC(C)(C)C(C)(C)O3)cc21. The minimum atomic E-state index is -0.377. The molecule has 1 aliphatic carbocycles. The molecule has 3 aliphatic rings. The molecule has 0 atom stereocenters. The molecule has 4 nitrogen and oxygen atoms in total. The monoisotopic (exact) mass is 598 g/mol. The molecular weight excluding hydrogens is 542 g/mol. The molecule has 0 bridgehead atoms. The van der Waals surface area contributed by atoms with Gasteiger partial charge in [0.2, 0.25) is 0 Å². The van der Waals surface area contributed by atoms with E-state index >= 15 is 0 Å². The molecule has 0 N–H and O–H groups in total. The van der Waals surface area contributed by atoms with E-state index in [1.54, 1.807) is 0 Å². The summed E-state index contributed by atoms with van der Waals surface area (Å²) in [6.45, 7) is 19.2. The molecule has 0 aromatic heterocycles. The zero-order valence-corrected chi connectivity index (χ0v) is 29.1. The van der Waals surface area contributed by atoms with Gasteiger partial charge < -0.3 is 18.6 Å². The highest BCUT2D eigenvalue weighted by Crippen LogP contribution is 2.45. The molecule has 0 spiro atoms. The second-order valence-corrected chi connectivity index (χ2v) is 15.4. The summed E-state index contributed by atoms with van der Waals surface area (Å²) in [6, 6.07) is 13.5. The molecule has 2 aromatic carbocycles. The van der Waals surface area contributed by atoms with Crippen molar-refractivity contribution in [1.29, 1.82) is 0 Å². The van der Waals surface area contributed by atoms with E-state index in [0.29, 0.717) is 0 Å². The highest BCUT2D eigenvalue weighted by molar-refractivity contribution is 6.62. The molecule has 238 valence electrons. The molecule has 0 amide bonds. The van der Waals surface area contributed by atoms with E-state index < -0.39 is 0 Å². The fourth-order valence-electron chi connectivity index (χ4n) is 6.53. The second kappa shape index (κ2) is 13.1. The molecule has 0 saturated carbocycles. The highest BCUT2D eigenvalue weighted by atomic mass is 16.7. The maximum absolute atomic E-state index is 6.45. The van der Waals surface area contributed by atoms with Gasteiger partial charge in [0, 0.05) is 0 Å². The number of hydrogen-bond donors (Lipinski definition) is 0. The van der Waals surface area contributed by atoms with Crippen LogP contribution in [-0.2, 0) is 18.6 Å². The summed E-state index contributed by atoms with van der Waals surface area (Å²) in [5.74, 6) is 0. The van der Waals surface area contributed by atoms with Crippen LogP contribution in [-0.4, -0.2) is 36.6 Å². The van der Waals surface area contributed by atoms with E-state index in [2.05, 4.69) is 105 Å². The first-order valence-electron chi connectivity index (χ1n) is 17.5. The molecule has 0 unspecified atom stereocenters. The van der Waals surface area contributed by atoms with Gasteiger partial charge in [0.1, 0.15) is 0 Å². The minimum absolute atomic E-state index is 0.369. The first-order valence-corrected chi connectivity index (χ1v) is 17.5. The van der Waals surface area contributed by atoms with Crippen molar-refractivity contribution in [2.24, 2.45) is 0 Å². The summed E-state index contributed by atoms with van der Waals surface area (Å²) in [5.41, 5.74) is 7.06. The van der Waals surface area contributed by atoms with Gasteiger partial charge in [0.25, 0.3) is 0 Å². The zero-order chi connectivity index (χ0) is 31.8. The summed E-state index contributed by atoms with van der Waals surface area (Å²) in [7, 11) is -0.755. The Hall–Kier alpha value is -1.85. The lowest BCUT2D eigenvalue weighted by Gasteiger charge is -2.32. The van der Waals surface area contributed by atoms with E-state index in [1.807, 2.05) is 0 Å². The Morgan fingerprint density at radius 2 is 0.864 bits per heavy atom. The summed E-state index contributed by atoms with van der Waals surface area (Å²) in [6.07, 6.45) is 17.1. The van der Waals surface area contributed by atoms with Crippen LogP contribution >= 0.6 is 0 Å². The number of fused-ring (bicyclic) bond motifs is 3. The Morgan fingerprint density at radius 1 is 0.500 bits per heavy atom. The van der Waals surface area contributed by atoms with Crippen molar-refractivity contribution >= 4 is 30.7 Å². The number of allylic oxidation sites excluding steroid dienone is 1. The summed E-state index contributed by atoms with van der Waals surface area (Å²) in [5, 5.41) is 0. The zero-order valence-electron chi connectivity index (χ0n) is 29.1. The van der Waals surface area contributed by atoms with Gasteiger partial charge in [0.05, 0.1) is 22.4 Å². The maximum atomic E-state index is 6.45. The first kappa shape index (κ1) is 33.5. The van der Waals surface area contributed by atoms with Crippen molar-refractivity contribution in [2.75, 3.05) is 0 Å². The maximum Gasteiger partial charge on any atom is 0.494 e. The lowest BCUT2D eigenvalue weighted by atomic mass is 9.77. The highest BCUT2D eigenvalue weighted by Gasteiger charge is 2.53. The van der Waals surface area contributed by atoms with Gasteiger partial charge in [-0.25, -0.2) is 0 Å². The Morgan fingerprint density at radius 3 is 1.25 bits per heavy atom. The average molecular weight is 598 g/mol. The Balaban J connectivity index is 1.35. The van der Waals surface area contributed by atoms with Crippen molar-refractivity contribution in [1.82, 2.24) is 0 Å². The van der Waals surface area contributed by atoms with E-state index in [4.69, 9.17) is 18.6 Å². The largest absolute Gasteiger partial charge is 0.494 e. The lowest BCUT2D eigenvalue weighted by molar-refractivity contribution is 0.00578. The normalized spacial score (nSPS) is 20.7. The number of unbranched alkanes of at least 4 members (excludes halogenated alkanes) is 10. The van der Waals surface area contributed by atoms with Crippen LogP contribution in [0.5, 0.6) is 0 Å². The lowest BCUT2D eigenvalue weighted by Crippen LogP contribution is -2.41. The third-order valence-corrected chi connectivity index (χ3v) is 10.9. The molecule has 44 heavy (non-hydrogen) atoms. The van der Waals surface area contributed by atoms with Crippen LogP contribution in [0.3, 0.4) is 0 Å². The van der Waals surface area contributed by atoms with Crippen LogP contribution in [0.4, 0.5) is 0 Å². The fraction of sp³-hybridized carbons (Fsp3) is 0.632. The van der Waals surface area contributed by atoms with Crippen LogP contribution in [0.15, 0.2) is 42.5 Å². The van der Waals surface area contributed by atoms with E-state index in [1.165, 1.54) is 92.0 Å². The number of hydrogen-bond acceptors (Lipinski definition) is 4. The van der Waals surface area contributed by atoms with Gasteiger partial charge in [-0.3, -0.25) is 0 Å². The van der Waals surface area contributed by atoms with Gasteiger partial charge in [-0.05, 0) is 107 Å². The van der Waals surface area contributed by atoms with Crippen molar-refractivity contribution < 1.29 is 18.6 Å². The van der Waals surface area contributed by atoms with Gasteiger partial charge in [-0.1, -0.05) is 107 Å². The molecular formula is C38H56B2O4. The topological polar surface area (TPSA) is 36.9 Å². The number of benzene rings is 2. The molecule has 6 heteroatoms. The molecule has 2 aliphatic heterocycles. The third kappa shape index (κ3) is 6.80. The average Bonchev–Trinajstić information content (AvgIpc) is 3.47. The molecule has 2 aromatic rings. The van der Waals surface area contributed by atoms with Gasteiger partial charge in [0.15, 0.2) is 0 Å². The van der Waals surface area contributed by atoms with Crippen LogP contribution in [0.1, 0.15) is 144 Å². The van der Waals surface area contributed by atoms with Gasteiger partial charge in [-0.2, -0.15) is 0 Å². The van der Waals surface area contributed by atoms with E-state index in [9.17, 15) is 0 Å². The molecule has 0 radical (unpaired) electrons. The molecule has 2 fully saturated rings. The summed E-state index contributed by atoms with van der Waals surface area (Å²) >= 11 is 0. The summed E-state index contributed by atoms with van der Waals surface area (Å²) < 4.78 is 25.8. The number of rotatable bonds is 13. The van der Waals surface area contributed by atoms with Crippen molar-refractivity contribution in [3.8, 4) is 11.1 Å². The summed E-state index contributed by atoms with van der Waals surface area (Å²) in [4.78, 5) is 0. The van der Waals surface area contributed by atoms with Crippen molar-refractivity contribution in [3.05, 3.63) is 53.6 Å². The standard InChI is InChI=1S/C38H56B2O4/c1-10-11-12-13-14-15-16-17-18-19-20-21-30-33-26-28(39-41-35(2,3)36(4,5)42-39)22-24-31(33)32-25-23-29(27-34(30)32)40-43-37(6,7)38(8,9)44-40/h21-27H,10-20H2,1-9H3. The Labute approximate surface area is 269 Å². The smallest absolute Gasteiger partial charge is 0.399 e. The van der Waals surface area contributed by atoms with Crippen LogP contribution in [0.25, 0.3) is 16.7 Å². The molecule has 2 heterocycles. The van der Waals surface area contributed by atoms with E-state index in [-0.39, 0.29) is 36.6 Å². The van der Waals surface area contributed by atoms with Gasteiger partial charge in [-0.15, -0.1) is 0 Å². The van der Waals surface area contributed by atoms with Crippen LogP contribution in [0.2, 0.25) is 0 Å². The predicted octanol–water partition coefficient (Wildman–Crippen LogP) is 9.01. The quantitative estimate of drug-likeness (QED) is 0.145. The molecule has 2 saturated heterocycles. The second-order valence-electron chi connectivity index (χ2n) is 15.4. The fourth-order valence-corrected chi connectivity index (χ4v) is 6.53. The van der Waals surface area contributed by atoms with Crippen molar-refractivity contribution in [2.45, 2.75) is 155 Å². The Bertz CT molecular complexity index is 1220. The molecule has 5 rings (SSSR count). The first-order chi connectivity index (χ1) is 20.8. The van der Waals surface area contributed by atoms with Crippen LogP contribution < -0.4 is 10.9 Å². The van der Waals surface area contributed by atoms with E-state index in [0.717, 1.165) is 17.3 Å². The Kier molecular flexibility index (Phi) is 9.98.